The minimum atomic E-state index is -0.0131. The summed E-state index contributed by atoms with van der Waals surface area (Å²) in [7, 11) is 1.67. The molecule has 0 atom stereocenters. The lowest BCUT2D eigenvalue weighted by Crippen LogP contribution is -2.35. The number of thioether (sulfide) groups is 1. The lowest BCUT2D eigenvalue weighted by molar-refractivity contribution is 0.241. The van der Waals surface area contributed by atoms with Crippen LogP contribution in [0.1, 0.15) is 27.9 Å². The van der Waals surface area contributed by atoms with Gasteiger partial charge in [-0.1, -0.05) is 53.7 Å². The fraction of sp³-hybridized carbons (Fsp3) is 0.304. The summed E-state index contributed by atoms with van der Waals surface area (Å²) in [5, 5.41) is 0.706. The molecule has 5 nitrogen and oxygen atoms in total. The van der Waals surface area contributed by atoms with Crippen molar-refractivity contribution in [2.75, 3.05) is 13.7 Å². The van der Waals surface area contributed by atoms with E-state index in [1.807, 2.05) is 12.1 Å². The molecule has 0 fully saturated rings. The monoisotopic (exact) mass is 407 g/mol. The number of aromatic nitrogens is 2. The maximum Gasteiger partial charge on any atom is 0.256 e. The Hall–Kier alpha value is -2.57. The predicted octanol–water partition coefficient (Wildman–Crippen LogP) is 3.94. The van der Waals surface area contributed by atoms with Crippen molar-refractivity contribution in [1.82, 2.24) is 14.9 Å². The second kappa shape index (κ2) is 8.84. The van der Waals surface area contributed by atoms with E-state index in [2.05, 4.69) is 53.2 Å². The summed E-state index contributed by atoms with van der Waals surface area (Å²) in [6.45, 7) is 4.42. The van der Waals surface area contributed by atoms with Crippen LogP contribution in [0.3, 0.4) is 0 Å². The molecule has 2 aromatic carbocycles. The smallest absolute Gasteiger partial charge is 0.256 e. The van der Waals surface area contributed by atoms with Gasteiger partial charge in [-0.25, -0.2) is 4.98 Å². The summed E-state index contributed by atoms with van der Waals surface area (Å²) in [4.78, 5) is 22.7. The Bertz CT molecular complexity index is 1030. The maximum atomic E-state index is 12.7. The van der Waals surface area contributed by atoms with E-state index >= 15 is 0 Å². The van der Waals surface area contributed by atoms with E-state index in [-0.39, 0.29) is 5.56 Å². The molecule has 1 aliphatic rings. The number of ether oxygens (including phenoxy) is 1. The van der Waals surface area contributed by atoms with E-state index in [4.69, 9.17) is 9.72 Å². The van der Waals surface area contributed by atoms with Gasteiger partial charge >= 0.3 is 0 Å². The normalized spacial score (nSPS) is 13.9. The van der Waals surface area contributed by atoms with Crippen molar-refractivity contribution < 1.29 is 4.74 Å². The molecule has 3 aromatic rings. The Morgan fingerprint density at radius 1 is 1.10 bits per heavy atom. The number of methoxy groups -OCH3 is 1. The van der Waals surface area contributed by atoms with Crippen LogP contribution >= 0.6 is 11.8 Å². The average molecular weight is 408 g/mol. The van der Waals surface area contributed by atoms with Gasteiger partial charge in [0.25, 0.3) is 5.56 Å². The van der Waals surface area contributed by atoms with Crippen molar-refractivity contribution in [3.63, 3.8) is 0 Å². The SMILES string of the molecule is COc1ccc(CN2CCc3nc(SCc4ccc(C)cc4)[nH]c(=O)c3C2)cc1. The number of rotatable bonds is 6. The minimum absolute atomic E-state index is 0.0131. The molecule has 0 aliphatic carbocycles. The molecule has 1 N–H and O–H groups in total. The van der Waals surface area contributed by atoms with Gasteiger partial charge in [-0.3, -0.25) is 9.69 Å². The van der Waals surface area contributed by atoms with E-state index in [9.17, 15) is 4.79 Å². The molecule has 0 saturated heterocycles. The number of H-pyrrole nitrogens is 1. The molecular weight excluding hydrogens is 382 g/mol. The Balaban J connectivity index is 1.42. The maximum absolute atomic E-state index is 12.7. The Morgan fingerprint density at radius 2 is 1.83 bits per heavy atom. The molecule has 1 aromatic heterocycles. The van der Waals surface area contributed by atoms with Crippen LogP contribution in [0.2, 0.25) is 0 Å². The highest BCUT2D eigenvalue weighted by molar-refractivity contribution is 7.98. The van der Waals surface area contributed by atoms with Crippen molar-refractivity contribution in [1.29, 1.82) is 0 Å². The summed E-state index contributed by atoms with van der Waals surface area (Å²) in [5.74, 6) is 1.65. The van der Waals surface area contributed by atoms with Crippen LogP contribution in [0.15, 0.2) is 58.5 Å². The highest BCUT2D eigenvalue weighted by Crippen LogP contribution is 2.22. The first-order valence-electron chi connectivity index (χ1n) is 9.76. The third kappa shape index (κ3) is 4.89. The van der Waals surface area contributed by atoms with Crippen LogP contribution in [0.5, 0.6) is 5.75 Å². The summed E-state index contributed by atoms with van der Waals surface area (Å²) in [5.41, 5.74) is 5.41. The number of aryl methyl sites for hydroxylation is 1. The molecule has 0 amide bonds. The molecule has 6 heteroatoms. The standard InChI is InChI=1S/C23H25N3O2S/c1-16-3-5-18(6-4-16)15-29-23-24-21-11-12-26(14-20(21)22(27)25-23)13-17-7-9-19(28-2)10-8-17/h3-10H,11-15H2,1-2H3,(H,24,25,27). The van der Waals surface area contributed by atoms with Gasteiger partial charge in [-0.2, -0.15) is 0 Å². The van der Waals surface area contributed by atoms with E-state index in [0.29, 0.717) is 11.7 Å². The quantitative estimate of drug-likeness (QED) is 0.495. The lowest BCUT2D eigenvalue weighted by atomic mass is 10.1. The van der Waals surface area contributed by atoms with Crippen LogP contribution in [0.4, 0.5) is 0 Å². The van der Waals surface area contributed by atoms with E-state index in [1.54, 1.807) is 18.9 Å². The van der Waals surface area contributed by atoms with Crippen LogP contribution in [0.25, 0.3) is 0 Å². The average Bonchev–Trinajstić information content (AvgIpc) is 2.74. The molecule has 2 heterocycles. The molecule has 29 heavy (non-hydrogen) atoms. The second-order valence-corrected chi connectivity index (χ2v) is 8.34. The van der Waals surface area contributed by atoms with Crippen molar-refractivity contribution in [2.45, 2.75) is 37.3 Å². The van der Waals surface area contributed by atoms with E-state index < -0.39 is 0 Å². The molecule has 0 radical (unpaired) electrons. The minimum Gasteiger partial charge on any atom is -0.497 e. The van der Waals surface area contributed by atoms with E-state index in [0.717, 1.165) is 42.3 Å². The number of nitrogens with one attached hydrogen (secondary N) is 1. The second-order valence-electron chi connectivity index (χ2n) is 7.38. The lowest BCUT2D eigenvalue weighted by Gasteiger charge is -2.27. The fourth-order valence-electron chi connectivity index (χ4n) is 3.49. The van der Waals surface area contributed by atoms with Gasteiger partial charge in [-0.15, -0.1) is 0 Å². The van der Waals surface area contributed by atoms with Crippen molar-refractivity contribution in [3.8, 4) is 5.75 Å². The molecule has 1 aliphatic heterocycles. The van der Waals surface area contributed by atoms with Gasteiger partial charge in [0, 0.05) is 31.8 Å². The number of hydrogen-bond acceptors (Lipinski definition) is 5. The molecular formula is C23H25N3O2S. The zero-order valence-corrected chi connectivity index (χ0v) is 17.6. The van der Waals surface area contributed by atoms with E-state index in [1.165, 1.54) is 16.7 Å². The molecule has 150 valence electrons. The first-order chi connectivity index (χ1) is 14.1. The van der Waals surface area contributed by atoms with Crippen LogP contribution in [-0.4, -0.2) is 28.5 Å². The topological polar surface area (TPSA) is 58.2 Å². The van der Waals surface area contributed by atoms with Crippen LogP contribution in [-0.2, 0) is 25.3 Å². The van der Waals surface area contributed by atoms with Crippen LogP contribution < -0.4 is 10.3 Å². The fourth-order valence-corrected chi connectivity index (χ4v) is 4.32. The van der Waals surface area contributed by atoms with Gasteiger partial charge in [0.2, 0.25) is 0 Å². The molecule has 0 spiro atoms. The predicted molar refractivity (Wildman–Crippen MR) is 116 cm³/mol. The largest absolute Gasteiger partial charge is 0.497 e. The zero-order valence-electron chi connectivity index (χ0n) is 16.8. The number of fused-ring (bicyclic) bond motifs is 1. The Labute approximate surface area is 175 Å². The first kappa shape index (κ1) is 19.7. The Kier molecular flexibility index (Phi) is 6.02. The third-order valence-corrected chi connectivity index (χ3v) is 6.13. The summed E-state index contributed by atoms with van der Waals surface area (Å²) in [6.07, 6.45) is 0.799. The van der Waals surface area contributed by atoms with Crippen molar-refractivity contribution in [3.05, 3.63) is 86.8 Å². The number of benzene rings is 2. The number of nitrogens with zero attached hydrogens (tertiary/aromatic N) is 2. The van der Waals surface area contributed by atoms with Gasteiger partial charge in [0.15, 0.2) is 5.16 Å². The van der Waals surface area contributed by atoms with Crippen LogP contribution in [0, 0.1) is 6.92 Å². The summed E-state index contributed by atoms with van der Waals surface area (Å²) in [6, 6.07) is 16.5. The Morgan fingerprint density at radius 3 is 2.55 bits per heavy atom. The molecule has 0 saturated carbocycles. The van der Waals surface area contributed by atoms with Gasteiger partial charge in [0.05, 0.1) is 18.4 Å². The number of hydrogen-bond donors (Lipinski definition) is 1. The molecule has 0 unspecified atom stereocenters. The molecule has 0 bridgehead atoms. The molecule has 4 rings (SSSR count). The summed E-state index contributed by atoms with van der Waals surface area (Å²) >= 11 is 1.58. The van der Waals surface area contributed by atoms with Gasteiger partial charge in [-0.05, 0) is 30.2 Å². The third-order valence-electron chi connectivity index (χ3n) is 5.19. The van der Waals surface area contributed by atoms with Gasteiger partial charge in [0.1, 0.15) is 5.75 Å². The first-order valence-corrected chi connectivity index (χ1v) is 10.7. The summed E-state index contributed by atoms with van der Waals surface area (Å²) < 4.78 is 5.22. The van der Waals surface area contributed by atoms with Crippen molar-refractivity contribution >= 4 is 11.8 Å². The zero-order chi connectivity index (χ0) is 20.2. The van der Waals surface area contributed by atoms with Gasteiger partial charge < -0.3 is 9.72 Å². The highest BCUT2D eigenvalue weighted by atomic mass is 32.2. The highest BCUT2D eigenvalue weighted by Gasteiger charge is 2.21. The number of aromatic amines is 1. The van der Waals surface area contributed by atoms with Crippen molar-refractivity contribution in [2.24, 2.45) is 0 Å².